The van der Waals surface area contributed by atoms with E-state index in [0.717, 1.165) is 0 Å². The molecule has 0 aromatic rings. The maximum absolute atomic E-state index is 9.01. The fourth-order valence-electron chi connectivity index (χ4n) is 0.904. The molecule has 0 radical (unpaired) electrons. The average Bonchev–Trinajstić information content (AvgIpc) is 2.34. The van der Waals surface area contributed by atoms with Crippen molar-refractivity contribution >= 4 is 0 Å². The lowest BCUT2D eigenvalue weighted by Crippen LogP contribution is -2.24. The van der Waals surface area contributed by atoms with E-state index in [4.69, 9.17) is 14.9 Å². The Morgan fingerprint density at radius 2 is 2.30 bits per heavy atom. The van der Waals surface area contributed by atoms with Crippen LogP contribution in [0, 0.1) is 0 Å². The Morgan fingerprint density at radius 1 is 1.60 bits per heavy atom. The van der Waals surface area contributed by atoms with E-state index in [9.17, 15) is 0 Å². The van der Waals surface area contributed by atoms with Crippen LogP contribution in [-0.4, -0.2) is 35.1 Å². The zero-order chi connectivity index (χ0) is 7.56. The van der Waals surface area contributed by atoms with Gasteiger partial charge in [0, 0.05) is 0 Å². The summed E-state index contributed by atoms with van der Waals surface area (Å²) in [4.78, 5) is 0. The molecule has 0 bridgehead atoms. The molecule has 10 heavy (non-hydrogen) atoms. The third-order valence-electron chi connectivity index (χ3n) is 1.50. The van der Waals surface area contributed by atoms with Crippen molar-refractivity contribution in [2.45, 2.75) is 25.2 Å². The van der Waals surface area contributed by atoms with Crippen molar-refractivity contribution in [3.05, 3.63) is 12.2 Å². The van der Waals surface area contributed by atoms with Crippen molar-refractivity contribution in [3.63, 3.8) is 0 Å². The van der Waals surface area contributed by atoms with Gasteiger partial charge in [0.05, 0.1) is 18.8 Å². The van der Waals surface area contributed by atoms with Gasteiger partial charge >= 0.3 is 0 Å². The van der Waals surface area contributed by atoms with Gasteiger partial charge in [-0.1, -0.05) is 12.2 Å². The molecule has 3 nitrogen and oxygen atoms in total. The summed E-state index contributed by atoms with van der Waals surface area (Å²) in [6.07, 6.45) is 2.58. The molecule has 0 spiro atoms. The normalized spacial score (nSPS) is 34.7. The fraction of sp³-hybridized carbons (Fsp3) is 0.714. The van der Waals surface area contributed by atoms with Crippen molar-refractivity contribution in [1.29, 1.82) is 0 Å². The summed E-state index contributed by atoms with van der Waals surface area (Å²) in [6.45, 7) is 1.65. The lowest BCUT2D eigenvalue weighted by molar-refractivity contribution is -0.0301. The van der Waals surface area contributed by atoms with E-state index in [2.05, 4.69) is 0 Å². The van der Waals surface area contributed by atoms with Crippen molar-refractivity contribution in [1.82, 2.24) is 0 Å². The number of aliphatic hydroxyl groups is 2. The van der Waals surface area contributed by atoms with Crippen LogP contribution in [0.1, 0.15) is 6.92 Å². The molecule has 0 aliphatic carbocycles. The third kappa shape index (κ3) is 1.56. The van der Waals surface area contributed by atoms with E-state index >= 15 is 0 Å². The molecule has 3 heteroatoms. The molecule has 2 N–H and O–H groups in total. The highest BCUT2D eigenvalue weighted by Gasteiger charge is 2.21. The van der Waals surface area contributed by atoms with Gasteiger partial charge in [0.2, 0.25) is 0 Å². The van der Waals surface area contributed by atoms with E-state index < -0.39 is 6.10 Å². The molecular weight excluding hydrogens is 132 g/mol. The smallest absolute Gasteiger partial charge is 0.102 e. The Kier molecular flexibility index (Phi) is 2.43. The monoisotopic (exact) mass is 144 g/mol. The van der Waals surface area contributed by atoms with Crippen molar-refractivity contribution in [2.24, 2.45) is 0 Å². The van der Waals surface area contributed by atoms with Crippen LogP contribution in [0.15, 0.2) is 12.2 Å². The van der Waals surface area contributed by atoms with Crippen molar-refractivity contribution in [2.75, 3.05) is 6.61 Å². The lowest BCUT2D eigenvalue weighted by atomic mass is 10.2. The standard InChI is InChI=1S/C7H12O3/c1-5(9)7-3-2-6(4-8)10-7/h2-3,5-9H,4H2,1H3/t5-,6-,7-/m0/s1. The second-order valence-corrected chi connectivity index (χ2v) is 2.45. The molecular formula is C7H12O3. The zero-order valence-electron chi connectivity index (χ0n) is 5.90. The maximum atomic E-state index is 9.01. The molecule has 0 fully saturated rings. The van der Waals surface area contributed by atoms with Crippen molar-refractivity contribution < 1.29 is 14.9 Å². The largest absolute Gasteiger partial charge is 0.393 e. The van der Waals surface area contributed by atoms with E-state index in [0.29, 0.717) is 0 Å². The first-order valence-corrected chi connectivity index (χ1v) is 3.36. The van der Waals surface area contributed by atoms with Crippen LogP contribution in [0.4, 0.5) is 0 Å². The highest BCUT2D eigenvalue weighted by molar-refractivity contribution is 5.03. The molecule has 0 aromatic carbocycles. The SMILES string of the molecule is C[C@H](O)[C@@H]1C=C[C@@H](CO)O1. The summed E-state index contributed by atoms with van der Waals surface area (Å²) >= 11 is 0. The number of ether oxygens (including phenoxy) is 1. The van der Waals surface area contributed by atoms with Crippen LogP contribution in [0.5, 0.6) is 0 Å². The van der Waals surface area contributed by atoms with Crippen LogP contribution in [0.2, 0.25) is 0 Å². The van der Waals surface area contributed by atoms with E-state index in [-0.39, 0.29) is 18.8 Å². The summed E-state index contributed by atoms with van der Waals surface area (Å²) in [6, 6.07) is 0. The molecule has 1 aliphatic rings. The van der Waals surface area contributed by atoms with E-state index in [1.54, 1.807) is 19.1 Å². The first-order valence-electron chi connectivity index (χ1n) is 3.36. The summed E-state index contributed by atoms with van der Waals surface area (Å²) in [5.74, 6) is 0. The number of rotatable bonds is 2. The van der Waals surface area contributed by atoms with Crippen molar-refractivity contribution in [3.8, 4) is 0 Å². The average molecular weight is 144 g/mol. The predicted octanol–water partition coefficient (Wildman–Crippen LogP) is -0.317. The zero-order valence-corrected chi connectivity index (χ0v) is 5.90. The summed E-state index contributed by atoms with van der Waals surface area (Å²) in [5, 5.41) is 17.6. The highest BCUT2D eigenvalue weighted by atomic mass is 16.5. The first kappa shape index (κ1) is 7.72. The first-order chi connectivity index (χ1) is 4.74. The Hall–Kier alpha value is -0.380. The van der Waals surface area contributed by atoms with Gasteiger partial charge < -0.3 is 14.9 Å². The molecule has 1 rings (SSSR count). The molecule has 1 heterocycles. The minimum atomic E-state index is -0.493. The second kappa shape index (κ2) is 3.14. The van der Waals surface area contributed by atoms with E-state index in [1.807, 2.05) is 0 Å². The molecule has 0 saturated heterocycles. The topological polar surface area (TPSA) is 49.7 Å². The van der Waals surface area contributed by atoms with Gasteiger partial charge in [0.15, 0.2) is 0 Å². The molecule has 3 atom stereocenters. The van der Waals surface area contributed by atoms with Crippen LogP contribution >= 0.6 is 0 Å². The molecule has 0 unspecified atom stereocenters. The third-order valence-corrected chi connectivity index (χ3v) is 1.50. The maximum Gasteiger partial charge on any atom is 0.102 e. The molecule has 1 aliphatic heterocycles. The number of aliphatic hydroxyl groups excluding tert-OH is 2. The Balaban J connectivity index is 2.37. The quantitative estimate of drug-likeness (QED) is 0.522. The minimum absolute atomic E-state index is 0.0142. The van der Waals surface area contributed by atoms with Gasteiger partial charge in [-0.25, -0.2) is 0 Å². The van der Waals surface area contributed by atoms with Gasteiger partial charge in [0.1, 0.15) is 6.10 Å². The van der Waals surface area contributed by atoms with Gasteiger partial charge in [-0.3, -0.25) is 0 Å². The highest BCUT2D eigenvalue weighted by Crippen LogP contribution is 2.13. The van der Waals surface area contributed by atoms with Gasteiger partial charge in [-0.15, -0.1) is 0 Å². The minimum Gasteiger partial charge on any atom is -0.393 e. The van der Waals surface area contributed by atoms with Crippen LogP contribution in [0.3, 0.4) is 0 Å². The summed E-state index contributed by atoms with van der Waals surface area (Å²) < 4.78 is 5.16. The van der Waals surface area contributed by atoms with Gasteiger partial charge in [-0.05, 0) is 6.92 Å². The van der Waals surface area contributed by atoms with Crippen LogP contribution in [0.25, 0.3) is 0 Å². The Bertz CT molecular complexity index is 131. The van der Waals surface area contributed by atoms with Gasteiger partial charge in [-0.2, -0.15) is 0 Å². The molecule has 58 valence electrons. The Labute approximate surface area is 59.9 Å². The Morgan fingerprint density at radius 3 is 2.60 bits per heavy atom. The number of hydrogen-bond acceptors (Lipinski definition) is 3. The van der Waals surface area contributed by atoms with Gasteiger partial charge in [0.25, 0.3) is 0 Å². The molecule has 0 amide bonds. The predicted molar refractivity (Wildman–Crippen MR) is 36.6 cm³/mol. The lowest BCUT2D eigenvalue weighted by Gasteiger charge is -2.14. The van der Waals surface area contributed by atoms with Crippen LogP contribution in [-0.2, 0) is 4.74 Å². The van der Waals surface area contributed by atoms with E-state index in [1.165, 1.54) is 0 Å². The molecule has 0 saturated carbocycles. The number of hydrogen-bond donors (Lipinski definition) is 2. The molecule has 0 aromatic heterocycles. The fourth-order valence-corrected chi connectivity index (χ4v) is 0.904. The second-order valence-electron chi connectivity index (χ2n) is 2.45. The summed E-state index contributed by atoms with van der Waals surface area (Å²) in [7, 11) is 0. The van der Waals surface area contributed by atoms with Crippen LogP contribution < -0.4 is 0 Å². The summed E-state index contributed by atoms with van der Waals surface area (Å²) in [5.41, 5.74) is 0.